The van der Waals surface area contributed by atoms with Gasteiger partial charge in [-0.3, -0.25) is 0 Å². The largest absolute Gasteiger partial charge is 0.416 e. The summed E-state index contributed by atoms with van der Waals surface area (Å²) in [4.78, 5) is 0. The molecule has 0 aliphatic heterocycles. The van der Waals surface area contributed by atoms with Crippen LogP contribution in [0.15, 0.2) is 22.7 Å². The molecule has 0 spiro atoms. The zero-order valence-corrected chi connectivity index (χ0v) is 12.8. The molecule has 0 bridgehead atoms. The first-order valence-corrected chi connectivity index (χ1v) is 7.12. The Bertz CT molecular complexity index is 487. The molecule has 2 unspecified atom stereocenters. The highest BCUT2D eigenvalue weighted by molar-refractivity contribution is 9.10. The maximum absolute atomic E-state index is 12.6. The predicted octanol–water partition coefficient (Wildman–Crippen LogP) is 5.29. The molecule has 2 rings (SSSR count). The van der Waals surface area contributed by atoms with E-state index in [9.17, 15) is 13.2 Å². The summed E-state index contributed by atoms with van der Waals surface area (Å²) in [5.41, 5.74) is -0.0633. The first-order chi connectivity index (χ1) is 8.62. The number of nitrogens with one attached hydrogen (secondary N) is 1. The van der Waals surface area contributed by atoms with E-state index < -0.39 is 11.7 Å². The van der Waals surface area contributed by atoms with E-state index in [1.807, 2.05) is 13.8 Å². The molecule has 1 aromatic carbocycles. The zero-order chi connectivity index (χ0) is 14.4. The lowest BCUT2D eigenvalue weighted by Crippen LogP contribution is -2.54. The van der Waals surface area contributed by atoms with Crippen LogP contribution in [0, 0.1) is 5.41 Å². The Kier molecular flexibility index (Phi) is 3.82. The Labute approximate surface area is 123 Å². The minimum Gasteiger partial charge on any atom is -0.381 e. The molecule has 1 N–H and O–H groups in total. The van der Waals surface area contributed by atoms with Gasteiger partial charge in [0.2, 0.25) is 0 Å². The van der Waals surface area contributed by atoms with Crippen molar-refractivity contribution in [1.82, 2.24) is 0 Å². The molecule has 1 aliphatic rings. The number of benzene rings is 1. The van der Waals surface area contributed by atoms with E-state index in [-0.39, 0.29) is 16.8 Å². The van der Waals surface area contributed by atoms with Crippen molar-refractivity contribution in [3.05, 3.63) is 28.2 Å². The molecule has 1 nitrogen and oxygen atoms in total. The van der Waals surface area contributed by atoms with Gasteiger partial charge in [-0.1, -0.05) is 13.8 Å². The average Bonchev–Trinajstić information content (AvgIpc) is 2.29. The molecule has 19 heavy (non-hydrogen) atoms. The van der Waals surface area contributed by atoms with Gasteiger partial charge in [0.1, 0.15) is 0 Å². The summed E-state index contributed by atoms with van der Waals surface area (Å²) in [6.45, 7) is 4.09. The lowest BCUT2D eigenvalue weighted by Gasteiger charge is -2.49. The smallest absolute Gasteiger partial charge is 0.381 e. The van der Waals surface area contributed by atoms with Crippen LogP contribution in [0.5, 0.6) is 0 Å². The maximum atomic E-state index is 12.6. The minimum absolute atomic E-state index is 0.0658. The maximum Gasteiger partial charge on any atom is 0.416 e. The summed E-state index contributed by atoms with van der Waals surface area (Å²) in [5.74, 6) is 0. The quantitative estimate of drug-likeness (QED) is 0.710. The van der Waals surface area contributed by atoms with Gasteiger partial charge in [-0.2, -0.15) is 13.2 Å². The van der Waals surface area contributed by atoms with E-state index in [1.54, 1.807) is 0 Å². The van der Waals surface area contributed by atoms with Crippen molar-refractivity contribution in [2.45, 2.75) is 37.9 Å². The first kappa shape index (κ1) is 15.0. The molecular formula is C13H14BrClF3N. The third-order valence-electron chi connectivity index (χ3n) is 3.77. The predicted molar refractivity (Wildman–Crippen MR) is 74.6 cm³/mol. The molecular weight excluding hydrogens is 343 g/mol. The van der Waals surface area contributed by atoms with Crippen molar-refractivity contribution >= 4 is 33.2 Å². The fourth-order valence-corrected chi connectivity index (χ4v) is 2.94. The van der Waals surface area contributed by atoms with Crippen molar-refractivity contribution in [1.29, 1.82) is 0 Å². The van der Waals surface area contributed by atoms with Crippen LogP contribution in [-0.2, 0) is 6.18 Å². The Balaban J connectivity index is 2.15. The van der Waals surface area contributed by atoms with Crippen LogP contribution in [-0.4, -0.2) is 11.4 Å². The van der Waals surface area contributed by atoms with Gasteiger partial charge in [-0.05, 0) is 40.5 Å². The molecule has 1 aliphatic carbocycles. The van der Waals surface area contributed by atoms with Crippen LogP contribution < -0.4 is 5.32 Å². The van der Waals surface area contributed by atoms with Crippen LogP contribution in [0.1, 0.15) is 25.8 Å². The van der Waals surface area contributed by atoms with E-state index in [4.69, 9.17) is 11.6 Å². The van der Waals surface area contributed by atoms with E-state index in [1.165, 1.54) is 6.07 Å². The second-order valence-electron chi connectivity index (χ2n) is 5.41. The van der Waals surface area contributed by atoms with Crippen LogP contribution in [0.4, 0.5) is 18.9 Å². The van der Waals surface area contributed by atoms with Crippen LogP contribution >= 0.6 is 27.5 Å². The second-order valence-corrected chi connectivity index (χ2v) is 6.80. The van der Waals surface area contributed by atoms with Crippen molar-refractivity contribution in [3.8, 4) is 0 Å². The van der Waals surface area contributed by atoms with Gasteiger partial charge in [-0.15, -0.1) is 11.6 Å². The van der Waals surface area contributed by atoms with Crippen molar-refractivity contribution < 1.29 is 13.2 Å². The molecule has 1 aromatic rings. The lowest BCUT2D eigenvalue weighted by molar-refractivity contribution is -0.137. The molecule has 1 saturated carbocycles. The van der Waals surface area contributed by atoms with E-state index in [0.29, 0.717) is 10.2 Å². The monoisotopic (exact) mass is 355 g/mol. The number of halogens is 5. The fourth-order valence-electron chi connectivity index (χ4n) is 2.11. The standard InChI is InChI=1S/C13H14BrClF3N/c1-12(2)10(15)6-11(12)19-9-4-3-7(5-8(9)14)13(16,17)18/h3-5,10-11,19H,6H2,1-2H3. The first-order valence-electron chi connectivity index (χ1n) is 5.89. The van der Waals surface area contributed by atoms with Gasteiger partial charge >= 0.3 is 6.18 Å². The van der Waals surface area contributed by atoms with Gasteiger partial charge in [0.25, 0.3) is 0 Å². The third-order valence-corrected chi connectivity index (χ3v) is 5.17. The van der Waals surface area contributed by atoms with E-state index in [0.717, 1.165) is 18.6 Å². The molecule has 2 atom stereocenters. The topological polar surface area (TPSA) is 12.0 Å². The Hall–Kier alpha value is -0.420. The van der Waals surface area contributed by atoms with Gasteiger partial charge in [0, 0.05) is 27.0 Å². The number of hydrogen-bond donors (Lipinski definition) is 1. The van der Waals surface area contributed by atoms with Crippen molar-refractivity contribution in [2.75, 3.05) is 5.32 Å². The van der Waals surface area contributed by atoms with Crippen molar-refractivity contribution in [2.24, 2.45) is 5.41 Å². The van der Waals surface area contributed by atoms with Crippen molar-refractivity contribution in [3.63, 3.8) is 0 Å². The Morgan fingerprint density at radius 3 is 2.42 bits per heavy atom. The molecule has 0 saturated heterocycles. The summed E-state index contributed by atoms with van der Waals surface area (Å²) in [7, 11) is 0. The molecule has 0 radical (unpaired) electrons. The molecule has 106 valence electrons. The van der Waals surface area contributed by atoms with Crippen LogP contribution in [0.3, 0.4) is 0 Å². The summed E-state index contributed by atoms with van der Waals surface area (Å²) in [6.07, 6.45) is -3.51. The van der Waals surface area contributed by atoms with Gasteiger partial charge < -0.3 is 5.32 Å². The Morgan fingerprint density at radius 1 is 1.37 bits per heavy atom. The molecule has 0 amide bonds. The van der Waals surface area contributed by atoms with E-state index >= 15 is 0 Å². The molecule has 0 aromatic heterocycles. The Morgan fingerprint density at radius 2 is 2.00 bits per heavy atom. The average molecular weight is 357 g/mol. The third kappa shape index (κ3) is 2.87. The highest BCUT2D eigenvalue weighted by Crippen LogP contribution is 2.46. The summed E-state index contributed by atoms with van der Waals surface area (Å²) in [5, 5.41) is 3.34. The minimum atomic E-state index is -4.32. The molecule has 6 heteroatoms. The van der Waals surface area contributed by atoms with Gasteiger partial charge in [-0.25, -0.2) is 0 Å². The lowest BCUT2D eigenvalue weighted by atomic mass is 9.66. The fraction of sp³-hybridized carbons (Fsp3) is 0.538. The summed E-state index contributed by atoms with van der Waals surface area (Å²) in [6, 6.07) is 3.79. The summed E-state index contributed by atoms with van der Waals surface area (Å²) < 4.78 is 38.1. The molecule has 1 fully saturated rings. The normalized spacial score (nSPS) is 25.8. The number of hydrogen-bond acceptors (Lipinski definition) is 1. The number of anilines is 1. The highest BCUT2D eigenvalue weighted by Gasteiger charge is 2.47. The highest BCUT2D eigenvalue weighted by atomic mass is 79.9. The SMILES string of the molecule is CC1(C)C(Cl)CC1Nc1ccc(C(F)(F)F)cc1Br. The second kappa shape index (κ2) is 4.85. The van der Waals surface area contributed by atoms with Crippen LogP contribution in [0.2, 0.25) is 0 Å². The zero-order valence-electron chi connectivity index (χ0n) is 10.5. The van der Waals surface area contributed by atoms with E-state index in [2.05, 4.69) is 21.2 Å². The molecule has 0 heterocycles. The summed E-state index contributed by atoms with van der Waals surface area (Å²) >= 11 is 9.30. The number of rotatable bonds is 2. The van der Waals surface area contributed by atoms with Gasteiger partial charge in [0.05, 0.1) is 5.56 Å². The van der Waals surface area contributed by atoms with Crippen LogP contribution in [0.25, 0.3) is 0 Å². The van der Waals surface area contributed by atoms with Gasteiger partial charge in [0.15, 0.2) is 0 Å². The number of alkyl halides is 4.